The molecule has 3 heteroatoms. The van der Waals surface area contributed by atoms with E-state index in [0.717, 1.165) is 5.56 Å². The van der Waals surface area contributed by atoms with Gasteiger partial charge in [-0.3, -0.25) is 0 Å². The first-order valence-corrected chi connectivity index (χ1v) is 4.23. The van der Waals surface area contributed by atoms with Crippen molar-refractivity contribution in [1.29, 1.82) is 0 Å². The summed E-state index contributed by atoms with van der Waals surface area (Å²) in [6.45, 7) is 3.61. The maximum Gasteiger partial charge on any atom is 0.148 e. The van der Waals surface area contributed by atoms with Crippen molar-refractivity contribution in [2.24, 2.45) is 0 Å². The summed E-state index contributed by atoms with van der Waals surface area (Å²) in [6.07, 6.45) is 5.04. The third-order valence-electron chi connectivity index (χ3n) is 1.94. The molecular weight excluding hydrogens is 179 g/mol. The van der Waals surface area contributed by atoms with Crippen LogP contribution in [-0.2, 0) is 0 Å². The third-order valence-corrected chi connectivity index (χ3v) is 1.94. The molecular formula is C11H9FN2. The van der Waals surface area contributed by atoms with Gasteiger partial charge in [-0.15, -0.1) is 0 Å². The molecule has 0 bridgehead atoms. The fourth-order valence-corrected chi connectivity index (χ4v) is 1.21. The Kier molecular flexibility index (Phi) is 2.14. The lowest BCUT2D eigenvalue weighted by Gasteiger charge is -2.00. The van der Waals surface area contributed by atoms with E-state index in [1.807, 2.05) is 0 Å². The maximum atomic E-state index is 13.3. The average Bonchev–Trinajstić information content (AvgIpc) is 2.67. The van der Waals surface area contributed by atoms with E-state index in [0.29, 0.717) is 5.69 Å². The number of hydrogen-bond donors (Lipinski definition) is 0. The quantitative estimate of drug-likeness (QED) is 0.708. The van der Waals surface area contributed by atoms with Gasteiger partial charge < -0.3 is 0 Å². The number of rotatable bonds is 2. The monoisotopic (exact) mass is 188 g/mol. The molecule has 0 saturated carbocycles. The summed E-state index contributed by atoms with van der Waals surface area (Å²) in [5.74, 6) is -0.286. The molecule has 0 radical (unpaired) electrons. The molecule has 1 aromatic heterocycles. The van der Waals surface area contributed by atoms with E-state index in [1.165, 1.54) is 10.7 Å². The van der Waals surface area contributed by atoms with Crippen molar-refractivity contribution in [2.45, 2.75) is 0 Å². The van der Waals surface area contributed by atoms with E-state index < -0.39 is 0 Å². The van der Waals surface area contributed by atoms with Crippen LogP contribution in [0.4, 0.5) is 4.39 Å². The lowest BCUT2D eigenvalue weighted by molar-refractivity contribution is 0.611. The first-order chi connectivity index (χ1) is 6.81. The Morgan fingerprint density at radius 3 is 2.79 bits per heavy atom. The van der Waals surface area contributed by atoms with E-state index in [9.17, 15) is 4.39 Å². The van der Waals surface area contributed by atoms with Gasteiger partial charge in [0, 0.05) is 11.8 Å². The van der Waals surface area contributed by atoms with Crippen molar-refractivity contribution in [3.05, 3.63) is 54.6 Å². The molecule has 0 atom stereocenters. The predicted octanol–water partition coefficient (Wildman–Crippen LogP) is 2.65. The number of benzene rings is 1. The molecule has 0 unspecified atom stereocenters. The summed E-state index contributed by atoms with van der Waals surface area (Å²) in [6, 6.07) is 6.50. The van der Waals surface area contributed by atoms with Crippen LogP contribution in [0.15, 0.2) is 43.2 Å². The molecule has 0 N–H and O–H groups in total. The van der Waals surface area contributed by atoms with Gasteiger partial charge in [0.1, 0.15) is 11.5 Å². The molecule has 0 fully saturated rings. The van der Waals surface area contributed by atoms with Crippen LogP contribution >= 0.6 is 0 Å². The first kappa shape index (κ1) is 8.69. The second-order valence-corrected chi connectivity index (χ2v) is 2.87. The topological polar surface area (TPSA) is 17.8 Å². The Labute approximate surface area is 81.3 Å². The van der Waals surface area contributed by atoms with Gasteiger partial charge in [-0.2, -0.15) is 5.10 Å². The van der Waals surface area contributed by atoms with Gasteiger partial charge in [0.2, 0.25) is 0 Å². The maximum absolute atomic E-state index is 13.3. The molecule has 0 saturated heterocycles. The largest absolute Gasteiger partial charge is 0.237 e. The summed E-state index contributed by atoms with van der Waals surface area (Å²) in [7, 11) is 0. The van der Waals surface area contributed by atoms with Crippen molar-refractivity contribution in [2.75, 3.05) is 0 Å². The highest BCUT2D eigenvalue weighted by Gasteiger charge is 2.03. The van der Waals surface area contributed by atoms with Crippen LogP contribution in [0.2, 0.25) is 0 Å². The second-order valence-electron chi connectivity index (χ2n) is 2.87. The van der Waals surface area contributed by atoms with Crippen LogP contribution in [0.3, 0.4) is 0 Å². The van der Waals surface area contributed by atoms with Gasteiger partial charge in [0.25, 0.3) is 0 Å². The fraction of sp³-hybridized carbons (Fsp3) is 0. The minimum absolute atomic E-state index is 0.286. The molecule has 70 valence electrons. The van der Waals surface area contributed by atoms with E-state index in [1.54, 1.807) is 36.7 Å². The Morgan fingerprint density at radius 2 is 2.14 bits per heavy atom. The number of halogens is 1. The van der Waals surface area contributed by atoms with Gasteiger partial charge in [-0.25, -0.2) is 9.07 Å². The molecule has 1 heterocycles. The molecule has 2 nitrogen and oxygen atoms in total. The van der Waals surface area contributed by atoms with Crippen LogP contribution in [0, 0.1) is 5.82 Å². The number of nitrogens with zero attached hydrogens (tertiary/aromatic N) is 2. The lowest BCUT2D eigenvalue weighted by Crippen LogP contribution is -1.96. The van der Waals surface area contributed by atoms with E-state index >= 15 is 0 Å². The van der Waals surface area contributed by atoms with Crippen molar-refractivity contribution < 1.29 is 4.39 Å². The number of para-hydroxylation sites is 1. The molecule has 0 aliphatic carbocycles. The summed E-state index contributed by atoms with van der Waals surface area (Å²) in [5.41, 5.74) is 1.31. The first-order valence-electron chi connectivity index (χ1n) is 4.23. The van der Waals surface area contributed by atoms with E-state index in [4.69, 9.17) is 0 Å². The Hall–Kier alpha value is -1.90. The van der Waals surface area contributed by atoms with Crippen LogP contribution in [-0.4, -0.2) is 9.78 Å². The smallest absolute Gasteiger partial charge is 0.148 e. The molecule has 0 aliphatic heterocycles. The zero-order valence-corrected chi connectivity index (χ0v) is 7.52. The van der Waals surface area contributed by atoms with Crippen LogP contribution in [0.25, 0.3) is 11.8 Å². The van der Waals surface area contributed by atoms with Crippen LogP contribution < -0.4 is 0 Å². The van der Waals surface area contributed by atoms with Crippen LogP contribution in [0.1, 0.15) is 5.56 Å². The van der Waals surface area contributed by atoms with E-state index in [2.05, 4.69) is 11.7 Å². The number of aromatic nitrogens is 2. The fourth-order valence-electron chi connectivity index (χ4n) is 1.21. The Balaban J connectivity index is 2.49. The molecule has 2 aromatic rings. The van der Waals surface area contributed by atoms with Gasteiger partial charge in [-0.05, 0) is 12.1 Å². The minimum Gasteiger partial charge on any atom is -0.237 e. The standard InChI is InChI=1S/C11H9FN2/c1-2-9-7-13-14(8-9)11-6-4-3-5-10(11)12/h2-8H,1H2. The highest BCUT2D eigenvalue weighted by atomic mass is 19.1. The minimum atomic E-state index is -0.286. The molecule has 14 heavy (non-hydrogen) atoms. The molecule has 2 rings (SSSR count). The predicted molar refractivity (Wildman–Crippen MR) is 53.6 cm³/mol. The van der Waals surface area contributed by atoms with Gasteiger partial charge in [-0.1, -0.05) is 24.8 Å². The highest BCUT2D eigenvalue weighted by molar-refractivity contribution is 5.45. The molecule has 1 aromatic carbocycles. The van der Waals surface area contributed by atoms with Crippen LogP contribution in [0.5, 0.6) is 0 Å². The second kappa shape index (κ2) is 3.46. The summed E-state index contributed by atoms with van der Waals surface area (Å²) in [4.78, 5) is 0. The lowest BCUT2D eigenvalue weighted by atomic mass is 10.3. The van der Waals surface area contributed by atoms with Gasteiger partial charge in [0.15, 0.2) is 0 Å². The van der Waals surface area contributed by atoms with Crippen molar-refractivity contribution in [3.63, 3.8) is 0 Å². The van der Waals surface area contributed by atoms with Crippen molar-refractivity contribution in [1.82, 2.24) is 9.78 Å². The summed E-state index contributed by atoms with van der Waals surface area (Å²) < 4.78 is 14.8. The third kappa shape index (κ3) is 1.44. The van der Waals surface area contributed by atoms with Crippen molar-refractivity contribution >= 4 is 6.08 Å². The number of hydrogen-bond acceptors (Lipinski definition) is 1. The normalized spacial score (nSPS) is 10.1. The molecule has 0 spiro atoms. The van der Waals surface area contributed by atoms with E-state index in [-0.39, 0.29) is 5.82 Å². The van der Waals surface area contributed by atoms with Gasteiger partial charge in [0.05, 0.1) is 6.20 Å². The highest BCUT2D eigenvalue weighted by Crippen LogP contribution is 2.12. The summed E-state index contributed by atoms with van der Waals surface area (Å²) >= 11 is 0. The van der Waals surface area contributed by atoms with Crippen molar-refractivity contribution in [3.8, 4) is 5.69 Å². The molecule has 0 amide bonds. The van der Waals surface area contributed by atoms with Gasteiger partial charge >= 0.3 is 0 Å². The Morgan fingerprint density at radius 1 is 1.36 bits per heavy atom. The molecule has 0 aliphatic rings. The average molecular weight is 188 g/mol. The summed E-state index contributed by atoms with van der Waals surface area (Å²) in [5, 5.41) is 4.02. The Bertz CT molecular complexity index is 460. The zero-order chi connectivity index (χ0) is 9.97. The SMILES string of the molecule is C=Cc1cnn(-c2ccccc2F)c1. The zero-order valence-electron chi connectivity index (χ0n) is 7.52.